The van der Waals surface area contributed by atoms with E-state index in [2.05, 4.69) is 20.6 Å². The van der Waals surface area contributed by atoms with Gasteiger partial charge in [0.2, 0.25) is 0 Å². The molecule has 0 saturated carbocycles. The van der Waals surface area contributed by atoms with E-state index in [1.165, 1.54) is 6.20 Å². The molecule has 0 aliphatic rings. The number of benzene rings is 1. The van der Waals surface area contributed by atoms with Crippen molar-refractivity contribution in [2.24, 2.45) is 0 Å². The molecule has 3 rings (SSSR count). The fourth-order valence-electron chi connectivity index (χ4n) is 2.37. The Bertz CT molecular complexity index is 940. The van der Waals surface area contributed by atoms with Crippen molar-refractivity contribution >= 4 is 29.0 Å². The number of hydrogen-bond donors (Lipinski definition) is 2. The van der Waals surface area contributed by atoms with Gasteiger partial charge in [-0.25, -0.2) is 4.98 Å². The van der Waals surface area contributed by atoms with Crippen molar-refractivity contribution in [3.8, 4) is 0 Å². The van der Waals surface area contributed by atoms with Crippen LogP contribution in [0.4, 0.5) is 17.2 Å². The zero-order valence-electron chi connectivity index (χ0n) is 15.0. The molecular formula is C20H19N5O2. The SMILES string of the molecule is CN(C)c1ccc(NC(=O)c2cccc(NC(=O)c3cccnc3)c2)cn1. The molecule has 0 aliphatic heterocycles. The summed E-state index contributed by atoms with van der Waals surface area (Å²) in [5.74, 6) is 0.226. The number of rotatable bonds is 5. The molecule has 0 aliphatic carbocycles. The standard InChI is InChI=1S/C20H19N5O2/c1-25(2)18-9-8-17(13-22-18)24-19(26)14-5-3-7-16(11-14)23-20(27)15-6-4-10-21-12-15/h3-13H,1-2H3,(H,23,27)(H,24,26). The molecule has 2 N–H and O–H groups in total. The van der Waals surface area contributed by atoms with Crippen molar-refractivity contribution in [1.29, 1.82) is 0 Å². The van der Waals surface area contributed by atoms with Gasteiger partial charge in [0.05, 0.1) is 17.4 Å². The Balaban J connectivity index is 1.69. The number of carbonyl (C=O) groups is 2. The third kappa shape index (κ3) is 4.66. The van der Waals surface area contributed by atoms with E-state index in [-0.39, 0.29) is 11.8 Å². The number of aromatic nitrogens is 2. The second-order valence-electron chi connectivity index (χ2n) is 6.03. The number of amides is 2. The topological polar surface area (TPSA) is 87.2 Å². The predicted octanol–water partition coefficient (Wildman–Crippen LogP) is 3.05. The van der Waals surface area contributed by atoms with Crippen LogP contribution in [0.5, 0.6) is 0 Å². The Kier molecular flexibility index (Phi) is 5.41. The minimum absolute atomic E-state index is 0.285. The van der Waals surface area contributed by atoms with E-state index in [9.17, 15) is 9.59 Å². The van der Waals surface area contributed by atoms with Gasteiger partial charge in [-0.3, -0.25) is 14.6 Å². The molecule has 136 valence electrons. The fraction of sp³-hybridized carbons (Fsp3) is 0.100. The van der Waals surface area contributed by atoms with Crippen molar-refractivity contribution < 1.29 is 9.59 Å². The number of carbonyl (C=O) groups excluding carboxylic acids is 2. The van der Waals surface area contributed by atoms with E-state index in [0.717, 1.165) is 5.82 Å². The van der Waals surface area contributed by atoms with Gasteiger partial charge in [0.1, 0.15) is 5.82 Å². The van der Waals surface area contributed by atoms with Crippen molar-refractivity contribution in [3.63, 3.8) is 0 Å². The van der Waals surface area contributed by atoms with Gasteiger partial charge in [-0.2, -0.15) is 0 Å². The van der Waals surface area contributed by atoms with E-state index in [4.69, 9.17) is 0 Å². The summed E-state index contributed by atoms with van der Waals surface area (Å²) in [7, 11) is 3.79. The lowest BCUT2D eigenvalue weighted by Gasteiger charge is -2.12. The summed E-state index contributed by atoms with van der Waals surface area (Å²) < 4.78 is 0. The first-order chi connectivity index (χ1) is 13.0. The van der Waals surface area contributed by atoms with Gasteiger partial charge >= 0.3 is 0 Å². The van der Waals surface area contributed by atoms with Gasteiger partial charge in [-0.1, -0.05) is 6.07 Å². The molecule has 0 atom stereocenters. The first-order valence-corrected chi connectivity index (χ1v) is 8.29. The van der Waals surface area contributed by atoms with E-state index < -0.39 is 0 Å². The Hall–Kier alpha value is -3.74. The first kappa shape index (κ1) is 18.1. The first-order valence-electron chi connectivity index (χ1n) is 8.29. The summed E-state index contributed by atoms with van der Waals surface area (Å²) >= 11 is 0. The normalized spacial score (nSPS) is 10.1. The molecular weight excluding hydrogens is 342 g/mol. The highest BCUT2D eigenvalue weighted by atomic mass is 16.2. The predicted molar refractivity (Wildman–Crippen MR) is 105 cm³/mol. The van der Waals surface area contributed by atoms with Crippen LogP contribution in [-0.4, -0.2) is 35.9 Å². The number of nitrogens with one attached hydrogen (secondary N) is 2. The quantitative estimate of drug-likeness (QED) is 0.729. The summed E-state index contributed by atoms with van der Waals surface area (Å²) in [6, 6.07) is 13.7. The summed E-state index contributed by atoms with van der Waals surface area (Å²) in [6.07, 6.45) is 4.68. The van der Waals surface area contributed by atoms with Gasteiger partial charge in [0.25, 0.3) is 11.8 Å². The average molecular weight is 361 g/mol. The maximum atomic E-state index is 12.5. The van der Waals surface area contributed by atoms with Crippen molar-refractivity contribution in [1.82, 2.24) is 9.97 Å². The minimum atomic E-state index is -0.288. The Morgan fingerprint density at radius 3 is 2.26 bits per heavy atom. The van der Waals surface area contributed by atoms with Crippen molar-refractivity contribution in [2.45, 2.75) is 0 Å². The molecule has 7 heteroatoms. The third-order valence-electron chi connectivity index (χ3n) is 3.77. The number of hydrogen-bond acceptors (Lipinski definition) is 5. The highest BCUT2D eigenvalue weighted by Gasteiger charge is 2.10. The fourth-order valence-corrected chi connectivity index (χ4v) is 2.37. The molecule has 1 aromatic carbocycles. The van der Waals surface area contributed by atoms with Crippen LogP contribution < -0.4 is 15.5 Å². The molecule has 7 nitrogen and oxygen atoms in total. The van der Waals surface area contributed by atoms with E-state index >= 15 is 0 Å². The second kappa shape index (κ2) is 8.09. The van der Waals surface area contributed by atoms with Crippen molar-refractivity contribution in [3.05, 3.63) is 78.2 Å². The third-order valence-corrected chi connectivity index (χ3v) is 3.77. The molecule has 2 amide bonds. The monoisotopic (exact) mass is 361 g/mol. The largest absolute Gasteiger partial charge is 0.363 e. The summed E-state index contributed by atoms with van der Waals surface area (Å²) in [5.41, 5.74) is 1.99. The molecule has 0 fully saturated rings. The zero-order valence-corrected chi connectivity index (χ0v) is 15.0. The maximum absolute atomic E-state index is 12.5. The van der Waals surface area contributed by atoms with Crippen LogP contribution in [0.15, 0.2) is 67.1 Å². The molecule has 27 heavy (non-hydrogen) atoms. The number of anilines is 3. The molecule has 2 aromatic heterocycles. The summed E-state index contributed by atoms with van der Waals surface area (Å²) in [6.45, 7) is 0. The van der Waals surface area contributed by atoms with E-state index in [0.29, 0.717) is 22.5 Å². The van der Waals surface area contributed by atoms with Crippen LogP contribution in [-0.2, 0) is 0 Å². The highest BCUT2D eigenvalue weighted by molar-refractivity contribution is 6.07. The lowest BCUT2D eigenvalue weighted by molar-refractivity contribution is 0.101. The minimum Gasteiger partial charge on any atom is -0.363 e. The highest BCUT2D eigenvalue weighted by Crippen LogP contribution is 2.16. The molecule has 2 heterocycles. The van der Waals surface area contributed by atoms with Crippen LogP contribution in [0.1, 0.15) is 20.7 Å². The van der Waals surface area contributed by atoms with Gasteiger partial charge in [-0.15, -0.1) is 0 Å². The average Bonchev–Trinajstić information content (AvgIpc) is 2.69. The molecule has 0 unspecified atom stereocenters. The van der Waals surface area contributed by atoms with Gasteiger partial charge < -0.3 is 15.5 Å². The van der Waals surface area contributed by atoms with Crippen LogP contribution in [0.25, 0.3) is 0 Å². The molecule has 3 aromatic rings. The summed E-state index contributed by atoms with van der Waals surface area (Å²) in [5, 5.41) is 5.55. The lowest BCUT2D eigenvalue weighted by atomic mass is 10.1. The van der Waals surface area contributed by atoms with E-state index in [1.807, 2.05) is 25.1 Å². The van der Waals surface area contributed by atoms with Crippen LogP contribution in [0.3, 0.4) is 0 Å². The molecule has 0 spiro atoms. The van der Waals surface area contributed by atoms with Crippen LogP contribution >= 0.6 is 0 Å². The Labute approximate surface area is 157 Å². The summed E-state index contributed by atoms with van der Waals surface area (Å²) in [4.78, 5) is 34.7. The van der Waals surface area contributed by atoms with Crippen molar-refractivity contribution in [2.75, 3.05) is 29.6 Å². The molecule has 0 radical (unpaired) electrons. The Morgan fingerprint density at radius 1 is 0.852 bits per heavy atom. The molecule has 0 saturated heterocycles. The van der Waals surface area contributed by atoms with E-state index in [1.54, 1.807) is 54.9 Å². The number of nitrogens with zero attached hydrogens (tertiary/aromatic N) is 3. The molecule has 0 bridgehead atoms. The van der Waals surface area contributed by atoms with Gasteiger partial charge in [0, 0.05) is 37.7 Å². The van der Waals surface area contributed by atoms with Gasteiger partial charge in [0.15, 0.2) is 0 Å². The maximum Gasteiger partial charge on any atom is 0.257 e. The smallest absolute Gasteiger partial charge is 0.257 e. The lowest BCUT2D eigenvalue weighted by Crippen LogP contribution is -2.15. The zero-order chi connectivity index (χ0) is 19.2. The van der Waals surface area contributed by atoms with Crippen LogP contribution in [0.2, 0.25) is 0 Å². The van der Waals surface area contributed by atoms with Gasteiger partial charge in [-0.05, 0) is 42.5 Å². The van der Waals surface area contributed by atoms with Crippen LogP contribution in [0, 0.1) is 0 Å². The number of pyridine rings is 2. The second-order valence-corrected chi connectivity index (χ2v) is 6.03. The Morgan fingerprint density at radius 2 is 1.59 bits per heavy atom.